The van der Waals surface area contributed by atoms with Gasteiger partial charge in [0.15, 0.2) is 0 Å². The van der Waals surface area contributed by atoms with Crippen LogP contribution < -0.4 is 9.47 Å². The summed E-state index contributed by atoms with van der Waals surface area (Å²) >= 11 is 0. The molecule has 124 valence electrons. The molecule has 0 amide bonds. The van der Waals surface area contributed by atoms with Gasteiger partial charge in [0.2, 0.25) is 0 Å². The number of carbonyl (C=O) groups excluding carboxylic acids is 2. The summed E-state index contributed by atoms with van der Waals surface area (Å²) in [6.07, 6.45) is 5.01. The number of benzene rings is 3. The van der Waals surface area contributed by atoms with Crippen LogP contribution in [0.4, 0.5) is 0 Å². The molecule has 0 N–H and O–H groups in total. The SMILES string of the molecule is CC(=O)Oc1ccc2c(c1)cc(OC(C)=O)c1c3c(ccc12)C=CC3. The lowest BCUT2D eigenvalue weighted by molar-refractivity contribution is -0.132. The molecule has 0 aliphatic heterocycles. The Morgan fingerprint density at radius 2 is 1.68 bits per heavy atom. The maximum absolute atomic E-state index is 11.6. The number of esters is 2. The molecule has 0 heterocycles. The molecular formula is C21H16O4. The van der Waals surface area contributed by atoms with Crippen LogP contribution in [0.1, 0.15) is 25.0 Å². The Hall–Kier alpha value is -3.14. The largest absolute Gasteiger partial charge is 0.427 e. The third kappa shape index (κ3) is 2.66. The van der Waals surface area contributed by atoms with Gasteiger partial charge >= 0.3 is 11.9 Å². The zero-order valence-electron chi connectivity index (χ0n) is 14.0. The van der Waals surface area contributed by atoms with Crippen LogP contribution in [0.15, 0.2) is 42.5 Å². The molecule has 1 aliphatic rings. The Bertz CT molecular complexity index is 1080. The first kappa shape index (κ1) is 15.4. The van der Waals surface area contributed by atoms with Gasteiger partial charge in [-0.2, -0.15) is 0 Å². The summed E-state index contributed by atoms with van der Waals surface area (Å²) < 4.78 is 10.7. The van der Waals surface area contributed by atoms with E-state index in [9.17, 15) is 9.59 Å². The van der Waals surface area contributed by atoms with Gasteiger partial charge < -0.3 is 9.47 Å². The van der Waals surface area contributed by atoms with Gasteiger partial charge in [0.1, 0.15) is 11.5 Å². The maximum atomic E-state index is 11.6. The number of carbonyl (C=O) groups is 2. The molecule has 4 heteroatoms. The predicted molar refractivity (Wildman–Crippen MR) is 96.8 cm³/mol. The zero-order valence-corrected chi connectivity index (χ0v) is 14.0. The number of hydrogen-bond donors (Lipinski definition) is 0. The molecule has 4 rings (SSSR count). The van der Waals surface area contributed by atoms with Gasteiger partial charge in [-0.1, -0.05) is 30.4 Å². The van der Waals surface area contributed by atoms with Crippen LogP contribution in [0.2, 0.25) is 0 Å². The molecule has 1 aliphatic carbocycles. The van der Waals surface area contributed by atoms with Gasteiger partial charge in [0, 0.05) is 19.2 Å². The van der Waals surface area contributed by atoms with E-state index in [1.165, 1.54) is 19.4 Å². The van der Waals surface area contributed by atoms with Crippen molar-refractivity contribution in [3.8, 4) is 11.5 Å². The van der Waals surface area contributed by atoms with Crippen LogP contribution in [-0.2, 0) is 16.0 Å². The van der Waals surface area contributed by atoms with Crippen LogP contribution >= 0.6 is 0 Å². The van der Waals surface area contributed by atoms with E-state index in [1.54, 1.807) is 12.1 Å². The molecule has 0 unspecified atom stereocenters. The highest BCUT2D eigenvalue weighted by atomic mass is 16.5. The van der Waals surface area contributed by atoms with Gasteiger partial charge in [-0.3, -0.25) is 9.59 Å². The van der Waals surface area contributed by atoms with Crippen molar-refractivity contribution in [2.24, 2.45) is 0 Å². The average Bonchev–Trinajstić information content (AvgIpc) is 3.01. The minimum atomic E-state index is -0.371. The number of allylic oxidation sites excluding steroid dienone is 1. The highest BCUT2D eigenvalue weighted by molar-refractivity contribution is 6.13. The molecule has 0 atom stereocenters. The molecule has 3 aromatic rings. The van der Waals surface area contributed by atoms with Gasteiger partial charge in [0.25, 0.3) is 0 Å². The Morgan fingerprint density at radius 3 is 2.44 bits per heavy atom. The molecule has 0 saturated heterocycles. The van der Waals surface area contributed by atoms with Crippen molar-refractivity contribution in [1.29, 1.82) is 0 Å². The zero-order chi connectivity index (χ0) is 17.6. The van der Waals surface area contributed by atoms with E-state index in [0.717, 1.165) is 33.5 Å². The molecular weight excluding hydrogens is 316 g/mol. The second-order valence-electron chi connectivity index (χ2n) is 6.11. The summed E-state index contributed by atoms with van der Waals surface area (Å²) in [4.78, 5) is 22.8. The van der Waals surface area contributed by atoms with E-state index in [2.05, 4.69) is 18.2 Å². The van der Waals surface area contributed by atoms with Crippen LogP contribution in [-0.4, -0.2) is 11.9 Å². The number of fused-ring (bicyclic) bond motifs is 5. The van der Waals surface area contributed by atoms with E-state index in [1.807, 2.05) is 18.2 Å². The predicted octanol–water partition coefficient (Wildman–Crippen LogP) is 4.41. The minimum Gasteiger partial charge on any atom is -0.427 e. The molecule has 4 nitrogen and oxygen atoms in total. The lowest BCUT2D eigenvalue weighted by Crippen LogP contribution is -2.03. The Balaban J connectivity index is 2.03. The highest BCUT2D eigenvalue weighted by Gasteiger charge is 2.17. The minimum absolute atomic E-state index is 0.361. The standard InChI is InChI=1S/C21H16O4/c1-12(22)24-16-7-9-17-15(10-16)11-20(25-13(2)23)21-18-5-3-4-14(18)6-8-19(17)21/h3-4,6-11H,5H2,1-2H3. The fraction of sp³-hybridized carbons (Fsp3) is 0.143. The van der Waals surface area contributed by atoms with Crippen molar-refractivity contribution in [2.45, 2.75) is 20.3 Å². The van der Waals surface area contributed by atoms with Gasteiger partial charge in [-0.05, 0) is 51.9 Å². The van der Waals surface area contributed by atoms with Crippen molar-refractivity contribution < 1.29 is 19.1 Å². The fourth-order valence-electron chi connectivity index (χ4n) is 3.43. The smallest absolute Gasteiger partial charge is 0.308 e. The number of hydrogen-bond acceptors (Lipinski definition) is 4. The van der Waals surface area contributed by atoms with Crippen LogP contribution in [0.5, 0.6) is 11.5 Å². The van der Waals surface area contributed by atoms with Gasteiger partial charge in [-0.25, -0.2) is 0 Å². The van der Waals surface area contributed by atoms with Crippen LogP contribution in [0, 0.1) is 0 Å². The first-order valence-electron chi connectivity index (χ1n) is 8.08. The van der Waals surface area contributed by atoms with Gasteiger partial charge in [-0.15, -0.1) is 0 Å². The summed E-state index contributed by atoms with van der Waals surface area (Å²) in [6.45, 7) is 2.76. The third-order valence-corrected chi connectivity index (χ3v) is 4.33. The topological polar surface area (TPSA) is 52.6 Å². The van der Waals surface area contributed by atoms with Crippen LogP contribution in [0.3, 0.4) is 0 Å². The second kappa shape index (κ2) is 5.74. The summed E-state index contributed by atoms with van der Waals surface area (Å²) in [5, 5.41) is 3.86. The van der Waals surface area contributed by atoms with Crippen molar-refractivity contribution in [3.05, 3.63) is 53.6 Å². The van der Waals surface area contributed by atoms with Crippen LogP contribution in [0.25, 0.3) is 27.6 Å². The van der Waals surface area contributed by atoms with Crippen molar-refractivity contribution >= 4 is 39.6 Å². The third-order valence-electron chi connectivity index (χ3n) is 4.33. The first-order chi connectivity index (χ1) is 12.0. The quantitative estimate of drug-likeness (QED) is 0.396. The summed E-state index contributed by atoms with van der Waals surface area (Å²) in [6, 6.07) is 11.5. The maximum Gasteiger partial charge on any atom is 0.308 e. The molecule has 0 bridgehead atoms. The number of rotatable bonds is 2. The molecule has 3 aromatic carbocycles. The average molecular weight is 332 g/mol. The molecule has 25 heavy (non-hydrogen) atoms. The van der Waals surface area contributed by atoms with E-state index in [0.29, 0.717) is 11.5 Å². The summed E-state index contributed by atoms with van der Waals surface area (Å²) in [5.41, 5.74) is 2.32. The molecule has 0 spiro atoms. The second-order valence-corrected chi connectivity index (χ2v) is 6.11. The van der Waals surface area contributed by atoms with E-state index in [-0.39, 0.29) is 11.9 Å². The fourth-order valence-corrected chi connectivity index (χ4v) is 3.43. The highest BCUT2D eigenvalue weighted by Crippen LogP contribution is 2.40. The lowest BCUT2D eigenvalue weighted by Gasteiger charge is -2.14. The molecule has 0 radical (unpaired) electrons. The first-order valence-corrected chi connectivity index (χ1v) is 8.08. The summed E-state index contributed by atoms with van der Waals surface area (Å²) in [5.74, 6) is 0.274. The monoisotopic (exact) mass is 332 g/mol. The Morgan fingerprint density at radius 1 is 0.920 bits per heavy atom. The Labute approximate surface area is 144 Å². The van der Waals surface area contributed by atoms with Gasteiger partial charge in [0.05, 0.1) is 0 Å². The van der Waals surface area contributed by atoms with Crippen molar-refractivity contribution in [2.75, 3.05) is 0 Å². The van der Waals surface area contributed by atoms with E-state index >= 15 is 0 Å². The number of ether oxygens (including phenoxy) is 2. The van der Waals surface area contributed by atoms with Crippen molar-refractivity contribution in [3.63, 3.8) is 0 Å². The van der Waals surface area contributed by atoms with Crippen molar-refractivity contribution in [1.82, 2.24) is 0 Å². The van der Waals surface area contributed by atoms with E-state index < -0.39 is 0 Å². The summed E-state index contributed by atoms with van der Waals surface area (Å²) in [7, 11) is 0. The van der Waals surface area contributed by atoms with E-state index in [4.69, 9.17) is 9.47 Å². The molecule has 0 aromatic heterocycles. The lowest BCUT2D eigenvalue weighted by atomic mass is 9.95. The molecule has 0 fully saturated rings. The Kier molecular flexibility index (Phi) is 3.53. The normalized spacial score (nSPS) is 12.4. The molecule has 0 saturated carbocycles.